The second-order valence-corrected chi connectivity index (χ2v) is 4.98. The van der Waals surface area contributed by atoms with Gasteiger partial charge in [-0.1, -0.05) is 6.92 Å². The highest BCUT2D eigenvalue weighted by Crippen LogP contribution is 2.34. The number of hydrogen-bond acceptors (Lipinski definition) is 4. The molecule has 0 aromatic rings. The number of carbonyl (C=O) groups is 1. The van der Waals surface area contributed by atoms with E-state index in [1.165, 1.54) is 20.0 Å². The standard InChI is InChI=1S/C10H19NO2S/c1-7-8(11-2)4-5-9(7)14-6-10(12)13-3/h7-9,11H,4-6H2,1-3H3. The number of esters is 1. The van der Waals surface area contributed by atoms with E-state index >= 15 is 0 Å². The van der Waals surface area contributed by atoms with Crippen molar-refractivity contribution in [1.29, 1.82) is 0 Å². The molecule has 0 aromatic heterocycles. The molecule has 3 unspecified atom stereocenters. The molecule has 1 aliphatic carbocycles. The lowest BCUT2D eigenvalue weighted by Gasteiger charge is -2.19. The fourth-order valence-corrected chi connectivity index (χ4v) is 3.27. The first-order valence-electron chi connectivity index (χ1n) is 5.04. The van der Waals surface area contributed by atoms with Crippen LogP contribution in [0.1, 0.15) is 19.8 Å². The third-order valence-corrected chi connectivity index (χ3v) is 4.49. The Balaban J connectivity index is 2.29. The highest BCUT2D eigenvalue weighted by atomic mass is 32.2. The van der Waals surface area contributed by atoms with Gasteiger partial charge in [0.15, 0.2) is 0 Å². The van der Waals surface area contributed by atoms with Crippen molar-refractivity contribution in [3.63, 3.8) is 0 Å². The van der Waals surface area contributed by atoms with Gasteiger partial charge in [0.2, 0.25) is 0 Å². The molecular weight excluding hydrogens is 198 g/mol. The van der Waals surface area contributed by atoms with Crippen LogP contribution in [0.2, 0.25) is 0 Å². The van der Waals surface area contributed by atoms with Crippen LogP contribution in [-0.4, -0.2) is 37.2 Å². The second kappa shape index (κ2) is 5.61. The quantitative estimate of drug-likeness (QED) is 0.720. The molecule has 3 atom stereocenters. The Kier molecular flexibility index (Phi) is 4.75. The molecule has 0 radical (unpaired) electrons. The Bertz CT molecular complexity index is 199. The first kappa shape index (κ1) is 11.9. The number of methoxy groups -OCH3 is 1. The summed E-state index contributed by atoms with van der Waals surface area (Å²) in [5, 5.41) is 3.92. The van der Waals surface area contributed by atoms with Crippen LogP contribution in [0.15, 0.2) is 0 Å². The molecular formula is C10H19NO2S. The molecule has 0 spiro atoms. The Morgan fingerprint density at radius 3 is 2.79 bits per heavy atom. The van der Waals surface area contributed by atoms with Gasteiger partial charge in [-0.3, -0.25) is 4.79 Å². The topological polar surface area (TPSA) is 38.3 Å². The number of ether oxygens (including phenoxy) is 1. The van der Waals surface area contributed by atoms with Gasteiger partial charge in [0.25, 0.3) is 0 Å². The molecule has 0 amide bonds. The van der Waals surface area contributed by atoms with Gasteiger partial charge in [0.05, 0.1) is 12.9 Å². The summed E-state index contributed by atoms with van der Waals surface area (Å²) in [7, 11) is 3.45. The number of hydrogen-bond donors (Lipinski definition) is 1. The minimum Gasteiger partial charge on any atom is -0.468 e. The Morgan fingerprint density at radius 2 is 2.29 bits per heavy atom. The molecule has 1 fully saturated rings. The summed E-state index contributed by atoms with van der Waals surface area (Å²) in [6.45, 7) is 2.25. The van der Waals surface area contributed by atoms with Crippen LogP contribution >= 0.6 is 11.8 Å². The van der Waals surface area contributed by atoms with Crippen LogP contribution in [0.25, 0.3) is 0 Å². The van der Waals surface area contributed by atoms with E-state index in [1.54, 1.807) is 11.8 Å². The maximum Gasteiger partial charge on any atom is 0.315 e. The van der Waals surface area contributed by atoms with Crippen LogP contribution in [0.5, 0.6) is 0 Å². The van der Waals surface area contributed by atoms with Crippen molar-refractivity contribution in [2.24, 2.45) is 5.92 Å². The molecule has 82 valence electrons. The molecule has 14 heavy (non-hydrogen) atoms. The number of rotatable bonds is 4. The van der Waals surface area contributed by atoms with Crippen molar-refractivity contribution in [2.45, 2.75) is 31.1 Å². The van der Waals surface area contributed by atoms with Gasteiger partial charge in [0, 0.05) is 11.3 Å². The van der Waals surface area contributed by atoms with Crippen molar-refractivity contribution in [2.75, 3.05) is 19.9 Å². The van der Waals surface area contributed by atoms with Gasteiger partial charge in [-0.15, -0.1) is 11.8 Å². The normalized spacial score (nSPS) is 31.8. The average Bonchev–Trinajstić information content (AvgIpc) is 2.56. The Labute approximate surface area is 90.0 Å². The zero-order valence-corrected chi connectivity index (χ0v) is 9.89. The lowest BCUT2D eigenvalue weighted by molar-refractivity contribution is -0.137. The number of nitrogens with one attached hydrogen (secondary N) is 1. The molecule has 1 rings (SSSR count). The lowest BCUT2D eigenvalue weighted by atomic mass is 10.1. The van der Waals surface area contributed by atoms with Gasteiger partial charge in [-0.2, -0.15) is 0 Å². The third-order valence-electron chi connectivity index (χ3n) is 3.00. The fourth-order valence-electron chi connectivity index (χ4n) is 2.01. The lowest BCUT2D eigenvalue weighted by Crippen LogP contribution is -2.30. The predicted molar refractivity (Wildman–Crippen MR) is 59.5 cm³/mol. The summed E-state index contributed by atoms with van der Waals surface area (Å²) in [4.78, 5) is 11.0. The largest absolute Gasteiger partial charge is 0.468 e. The van der Waals surface area contributed by atoms with E-state index in [1.807, 2.05) is 7.05 Å². The minimum absolute atomic E-state index is 0.116. The van der Waals surface area contributed by atoms with Crippen molar-refractivity contribution in [3.05, 3.63) is 0 Å². The van der Waals surface area contributed by atoms with E-state index in [0.717, 1.165) is 0 Å². The molecule has 0 heterocycles. The Morgan fingerprint density at radius 1 is 1.57 bits per heavy atom. The highest BCUT2D eigenvalue weighted by Gasteiger charge is 2.32. The van der Waals surface area contributed by atoms with E-state index < -0.39 is 0 Å². The Hall–Kier alpha value is -0.220. The fraction of sp³-hybridized carbons (Fsp3) is 0.900. The van der Waals surface area contributed by atoms with Crippen LogP contribution in [0.3, 0.4) is 0 Å². The molecule has 3 nitrogen and oxygen atoms in total. The SMILES string of the molecule is CNC1CCC(SCC(=O)OC)C1C. The molecule has 1 N–H and O–H groups in total. The molecule has 0 aromatic carbocycles. The first-order valence-corrected chi connectivity index (χ1v) is 6.09. The highest BCUT2D eigenvalue weighted by molar-refractivity contribution is 8.00. The summed E-state index contributed by atoms with van der Waals surface area (Å²) >= 11 is 1.73. The predicted octanol–water partition coefficient (Wildman–Crippen LogP) is 1.28. The van der Waals surface area contributed by atoms with Gasteiger partial charge >= 0.3 is 5.97 Å². The minimum atomic E-state index is -0.116. The van der Waals surface area contributed by atoms with Gasteiger partial charge < -0.3 is 10.1 Å². The molecule has 0 aliphatic heterocycles. The maximum atomic E-state index is 11.0. The van der Waals surface area contributed by atoms with Crippen molar-refractivity contribution in [3.8, 4) is 0 Å². The molecule has 1 aliphatic rings. The van der Waals surface area contributed by atoms with E-state index in [-0.39, 0.29) is 5.97 Å². The monoisotopic (exact) mass is 217 g/mol. The smallest absolute Gasteiger partial charge is 0.315 e. The molecule has 0 saturated heterocycles. The van der Waals surface area contributed by atoms with Gasteiger partial charge in [0.1, 0.15) is 0 Å². The zero-order valence-electron chi connectivity index (χ0n) is 9.08. The number of thioether (sulfide) groups is 1. The molecule has 1 saturated carbocycles. The van der Waals surface area contributed by atoms with E-state index in [0.29, 0.717) is 23.0 Å². The second-order valence-electron chi connectivity index (χ2n) is 3.76. The van der Waals surface area contributed by atoms with Gasteiger partial charge in [-0.25, -0.2) is 0 Å². The van der Waals surface area contributed by atoms with E-state index in [4.69, 9.17) is 0 Å². The van der Waals surface area contributed by atoms with Gasteiger partial charge in [-0.05, 0) is 25.8 Å². The average molecular weight is 217 g/mol. The van der Waals surface area contributed by atoms with Crippen molar-refractivity contribution < 1.29 is 9.53 Å². The third kappa shape index (κ3) is 2.89. The van der Waals surface area contributed by atoms with Crippen molar-refractivity contribution >= 4 is 17.7 Å². The van der Waals surface area contributed by atoms with Crippen LogP contribution < -0.4 is 5.32 Å². The van der Waals surface area contributed by atoms with Crippen LogP contribution in [0, 0.1) is 5.92 Å². The summed E-state index contributed by atoms with van der Waals surface area (Å²) in [6.07, 6.45) is 2.42. The first-order chi connectivity index (χ1) is 6.69. The van der Waals surface area contributed by atoms with E-state index in [9.17, 15) is 4.79 Å². The maximum absolute atomic E-state index is 11.0. The summed E-state index contributed by atoms with van der Waals surface area (Å²) in [5.74, 6) is 1.02. The summed E-state index contributed by atoms with van der Waals surface area (Å²) in [5.41, 5.74) is 0. The zero-order chi connectivity index (χ0) is 10.6. The van der Waals surface area contributed by atoms with Crippen molar-refractivity contribution in [1.82, 2.24) is 5.32 Å². The van der Waals surface area contributed by atoms with Crippen LogP contribution in [-0.2, 0) is 9.53 Å². The summed E-state index contributed by atoms with van der Waals surface area (Å²) in [6, 6.07) is 0.616. The molecule has 4 heteroatoms. The summed E-state index contributed by atoms with van der Waals surface area (Å²) < 4.78 is 4.62. The molecule has 0 bridgehead atoms. The van der Waals surface area contributed by atoms with Crippen LogP contribution in [0.4, 0.5) is 0 Å². The number of carbonyl (C=O) groups excluding carboxylic acids is 1. The van der Waals surface area contributed by atoms with E-state index in [2.05, 4.69) is 17.0 Å².